The van der Waals surface area contributed by atoms with Gasteiger partial charge in [0.1, 0.15) is 5.56 Å². The molecule has 8 heteroatoms. The summed E-state index contributed by atoms with van der Waals surface area (Å²) in [5, 5.41) is 4.98. The molecule has 1 fully saturated rings. The minimum Gasteiger partial charge on any atom is -0.339 e. The Bertz CT molecular complexity index is 1020. The third kappa shape index (κ3) is 3.14. The van der Waals surface area contributed by atoms with E-state index >= 15 is 0 Å². The summed E-state index contributed by atoms with van der Waals surface area (Å²) in [6, 6.07) is 9.30. The van der Waals surface area contributed by atoms with Crippen LogP contribution in [-0.2, 0) is 4.79 Å². The molecule has 0 bridgehead atoms. The summed E-state index contributed by atoms with van der Waals surface area (Å²) in [5.74, 6) is -0.0962. The molecule has 1 aliphatic rings. The first kappa shape index (κ1) is 17.5. The molecular weight excluding hydrogens is 366 g/mol. The van der Waals surface area contributed by atoms with E-state index in [4.69, 9.17) is 11.6 Å². The summed E-state index contributed by atoms with van der Waals surface area (Å²) in [6.45, 7) is 3.62. The maximum absolute atomic E-state index is 13.0. The number of aromatic nitrogens is 3. The summed E-state index contributed by atoms with van der Waals surface area (Å²) < 4.78 is 1.64. The van der Waals surface area contributed by atoms with Gasteiger partial charge in [0.2, 0.25) is 5.91 Å². The van der Waals surface area contributed by atoms with Crippen molar-refractivity contribution < 1.29 is 9.59 Å². The maximum Gasteiger partial charge on any atom is 0.259 e. The lowest BCUT2D eigenvalue weighted by molar-refractivity contribution is -0.130. The number of nitrogens with zero attached hydrogens (tertiary/aromatic N) is 5. The second kappa shape index (κ2) is 7.00. The Morgan fingerprint density at radius 3 is 2.44 bits per heavy atom. The molecular formula is C19H18ClN5O2. The average Bonchev–Trinajstić information content (AvgIpc) is 3.12. The van der Waals surface area contributed by atoms with E-state index in [1.54, 1.807) is 33.6 Å². The number of carbonyl (C=O) groups excluding carboxylic acids is 2. The van der Waals surface area contributed by atoms with E-state index in [1.165, 1.54) is 0 Å². The molecule has 7 nitrogen and oxygen atoms in total. The highest BCUT2D eigenvalue weighted by Crippen LogP contribution is 2.28. The molecule has 0 N–H and O–H groups in total. The summed E-state index contributed by atoms with van der Waals surface area (Å²) in [4.78, 5) is 32.3. The lowest BCUT2D eigenvalue weighted by Gasteiger charge is -2.34. The van der Waals surface area contributed by atoms with Crippen molar-refractivity contribution in [2.24, 2.45) is 0 Å². The number of hydrogen-bond donors (Lipinski definition) is 0. The number of halogens is 1. The first-order valence-electron chi connectivity index (χ1n) is 8.68. The van der Waals surface area contributed by atoms with Crippen molar-refractivity contribution in [3.63, 3.8) is 0 Å². The summed E-state index contributed by atoms with van der Waals surface area (Å²) in [5.41, 5.74) is 2.53. The Balaban J connectivity index is 1.67. The zero-order valence-corrected chi connectivity index (χ0v) is 15.6. The maximum atomic E-state index is 13.0. The third-order valence-corrected chi connectivity index (χ3v) is 5.12. The van der Waals surface area contributed by atoms with Gasteiger partial charge in [0, 0.05) is 49.9 Å². The van der Waals surface area contributed by atoms with Crippen molar-refractivity contribution in [1.82, 2.24) is 24.4 Å². The highest BCUT2D eigenvalue weighted by Gasteiger charge is 2.26. The van der Waals surface area contributed by atoms with Crippen molar-refractivity contribution in [1.29, 1.82) is 0 Å². The predicted molar refractivity (Wildman–Crippen MR) is 102 cm³/mol. The largest absolute Gasteiger partial charge is 0.339 e. The van der Waals surface area contributed by atoms with E-state index in [9.17, 15) is 9.59 Å². The first-order chi connectivity index (χ1) is 13.1. The van der Waals surface area contributed by atoms with E-state index in [-0.39, 0.29) is 11.8 Å². The quantitative estimate of drug-likeness (QED) is 0.681. The van der Waals surface area contributed by atoms with Crippen LogP contribution in [0, 0.1) is 0 Å². The Morgan fingerprint density at radius 2 is 1.74 bits per heavy atom. The number of amides is 2. The van der Waals surface area contributed by atoms with Gasteiger partial charge in [0.25, 0.3) is 5.91 Å². The zero-order chi connectivity index (χ0) is 19.0. The van der Waals surface area contributed by atoms with Crippen LogP contribution < -0.4 is 0 Å². The molecule has 4 rings (SSSR count). The van der Waals surface area contributed by atoms with Crippen LogP contribution in [0.4, 0.5) is 0 Å². The van der Waals surface area contributed by atoms with Crippen molar-refractivity contribution in [3.8, 4) is 11.3 Å². The predicted octanol–water partition coefficient (Wildman–Crippen LogP) is 2.35. The van der Waals surface area contributed by atoms with E-state index < -0.39 is 0 Å². The SMILES string of the molecule is CC(=O)N1CCN(C(=O)c2cnn3c(-c4ccccc4Cl)ccnc23)CC1. The molecule has 27 heavy (non-hydrogen) atoms. The number of benzene rings is 1. The molecule has 0 saturated carbocycles. The summed E-state index contributed by atoms with van der Waals surface area (Å²) in [7, 11) is 0. The van der Waals surface area contributed by atoms with Gasteiger partial charge in [-0.1, -0.05) is 29.8 Å². The molecule has 138 valence electrons. The molecule has 2 amide bonds. The third-order valence-electron chi connectivity index (χ3n) is 4.79. The van der Waals surface area contributed by atoms with Gasteiger partial charge in [-0.2, -0.15) is 5.10 Å². The van der Waals surface area contributed by atoms with E-state index in [1.807, 2.05) is 30.3 Å². The van der Waals surface area contributed by atoms with Crippen LogP contribution in [-0.4, -0.2) is 62.4 Å². The van der Waals surface area contributed by atoms with Gasteiger partial charge in [-0.3, -0.25) is 9.59 Å². The fourth-order valence-electron chi connectivity index (χ4n) is 3.31. The highest BCUT2D eigenvalue weighted by molar-refractivity contribution is 6.33. The van der Waals surface area contributed by atoms with Gasteiger partial charge in [-0.15, -0.1) is 0 Å². The Morgan fingerprint density at radius 1 is 1.04 bits per heavy atom. The molecule has 0 unspecified atom stereocenters. The van der Waals surface area contributed by atoms with E-state index in [2.05, 4.69) is 10.1 Å². The Kier molecular flexibility index (Phi) is 4.53. The normalized spacial score (nSPS) is 14.6. The first-order valence-corrected chi connectivity index (χ1v) is 9.06. The van der Waals surface area contributed by atoms with Crippen molar-refractivity contribution in [2.75, 3.05) is 26.2 Å². The summed E-state index contributed by atoms with van der Waals surface area (Å²) in [6.07, 6.45) is 3.20. The lowest BCUT2D eigenvalue weighted by atomic mass is 10.1. The topological polar surface area (TPSA) is 70.8 Å². The summed E-state index contributed by atoms with van der Waals surface area (Å²) >= 11 is 6.32. The van der Waals surface area contributed by atoms with Gasteiger partial charge in [0.15, 0.2) is 5.65 Å². The second-order valence-electron chi connectivity index (χ2n) is 6.40. The molecule has 0 atom stereocenters. The van der Waals surface area contributed by atoms with Crippen molar-refractivity contribution in [3.05, 3.63) is 53.3 Å². The van der Waals surface area contributed by atoms with Gasteiger partial charge in [0.05, 0.1) is 11.9 Å². The molecule has 3 aromatic rings. The van der Waals surface area contributed by atoms with Gasteiger partial charge < -0.3 is 9.80 Å². The van der Waals surface area contributed by atoms with Crippen LogP contribution in [0.2, 0.25) is 5.02 Å². The highest BCUT2D eigenvalue weighted by atomic mass is 35.5. The minimum atomic E-state index is -0.128. The molecule has 1 aromatic carbocycles. The molecule has 0 spiro atoms. The average molecular weight is 384 g/mol. The number of hydrogen-bond acceptors (Lipinski definition) is 4. The van der Waals surface area contributed by atoms with Crippen LogP contribution in [0.3, 0.4) is 0 Å². The molecule has 1 saturated heterocycles. The van der Waals surface area contributed by atoms with Gasteiger partial charge in [-0.05, 0) is 12.1 Å². The van der Waals surface area contributed by atoms with Gasteiger partial charge in [-0.25, -0.2) is 9.50 Å². The molecule has 3 heterocycles. The fourth-order valence-corrected chi connectivity index (χ4v) is 3.54. The molecule has 2 aromatic heterocycles. The van der Waals surface area contributed by atoms with Crippen LogP contribution in [0.25, 0.3) is 16.9 Å². The number of piperazine rings is 1. The van der Waals surface area contributed by atoms with Crippen molar-refractivity contribution >= 4 is 29.1 Å². The van der Waals surface area contributed by atoms with E-state index in [0.29, 0.717) is 42.4 Å². The van der Waals surface area contributed by atoms with Crippen molar-refractivity contribution in [2.45, 2.75) is 6.92 Å². The number of carbonyl (C=O) groups is 2. The smallest absolute Gasteiger partial charge is 0.259 e. The standard InChI is InChI=1S/C19H18ClN5O2/c1-13(26)23-8-10-24(11-9-23)19(27)15-12-22-25-17(6-7-21-18(15)25)14-4-2-3-5-16(14)20/h2-7,12H,8-11H2,1H3. The molecule has 1 aliphatic heterocycles. The minimum absolute atomic E-state index is 0.0316. The monoisotopic (exact) mass is 383 g/mol. The number of fused-ring (bicyclic) bond motifs is 1. The van der Waals surface area contributed by atoms with Crippen LogP contribution >= 0.6 is 11.6 Å². The van der Waals surface area contributed by atoms with Crippen LogP contribution in [0.5, 0.6) is 0 Å². The lowest BCUT2D eigenvalue weighted by Crippen LogP contribution is -2.50. The van der Waals surface area contributed by atoms with Crippen LogP contribution in [0.1, 0.15) is 17.3 Å². The Hall–Kier alpha value is -2.93. The fraction of sp³-hybridized carbons (Fsp3) is 0.263. The second-order valence-corrected chi connectivity index (χ2v) is 6.81. The van der Waals surface area contributed by atoms with E-state index in [0.717, 1.165) is 11.3 Å². The Labute approximate surface area is 161 Å². The van der Waals surface area contributed by atoms with Gasteiger partial charge >= 0.3 is 0 Å². The molecule has 0 aliphatic carbocycles. The zero-order valence-electron chi connectivity index (χ0n) is 14.8. The van der Waals surface area contributed by atoms with Crippen LogP contribution in [0.15, 0.2) is 42.7 Å². The molecule has 0 radical (unpaired) electrons. The number of rotatable bonds is 2.